The summed E-state index contributed by atoms with van der Waals surface area (Å²) in [7, 11) is 0. The van der Waals surface area contributed by atoms with Crippen molar-refractivity contribution in [3.63, 3.8) is 0 Å². The third kappa shape index (κ3) is 3.34. The molecule has 1 aromatic heterocycles. The van der Waals surface area contributed by atoms with Crippen LogP contribution in [0.4, 0.5) is 0 Å². The summed E-state index contributed by atoms with van der Waals surface area (Å²) in [4.78, 5) is 23.6. The van der Waals surface area contributed by atoms with Gasteiger partial charge >= 0.3 is 0 Å². The number of amides is 2. The molecule has 0 fully saturated rings. The molecule has 104 valence electrons. The van der Waals surface area contributed by atoms with E-state index in [1.54, 1.807) is 36.4 Å². The van der Waals surface area contributed by atoms with Crippen LogP contribution in [0.3, 0.4) is 0 Å². The molecule has 0 spiro atoms. The first-order chi connectivity index (χ1) is 9.60. The summed E-state index contributed by atoms with van der Waals surface area (Å²) >= 11 is 1.30. The number of hydrogen-bond donors (Lipinski definition) is 3. The van der Waals surface area contributed by atoms with Crippen molar-refractivity contribution in [1.82, 2.24) is 5.43 Å². The second kappa shape index (κ2) is 6.18. The number of hydrogen-bond acceptors (Lipinski definition) is 5. The smallest absolute Gasteiger partial charge is 0.275 e. The maximum atomic E-state index is 11.3. The Kier molecular flexibility index (Phi) is 4.34. The quantitative estimate of drug-likeness (QED) is 0.434. The van der Waals surface area contributed by atoms with Crippen LogP contribution in [0.5, 0.6) is 5.75 Å². The first kappa shape index (κ1) is 14.0. The summed E-state index contributed by atoms with van der Waals surface area (Å²) in [6.07, 6.45) is 0. The molecule has 2 rings (SSSR count). The Bertz CT molecular complexity index is 622. The number of ether oxygens (including phenoxy) is 1. The number of benzene rings is 1. The lowest BCUT2D eigenvalue weighted by Crippen LogP contribution is -2.29. The van der Waals surface area contributed by atoms with Crippen LogP contribution in [0.2, 0.25) is 0 Å². The van der Waals surface area contributed by atoms with Gasteiger partial charge in [-0.15, -0.1) is 11.3 Å². The second-order valence-corrected chi connectivity index (χ2v) is 5.09. The molecule has 7 heteroatoms. The predicted octanol–water partition coefficient (Wildman–Crippen LogP) is 1.03. The van der Waals surface area contributed by atoms with Gasteiger partial charge in [0.25, 0.3) is 5.91 Å². The molecule has 0 unspecified atom stereocenters. The van der Waals surface area contributed by atoms with E-state index >= 15 is 0 Å². The molecule has 2 aromatic rings. The lowest BCUT2D eigenvalue weighted by atomic mass is 10.2. The summed E-state index contributed by atoms with van der Waals surface area (Å²) in [5.74, 6) is 4.87. The third-order valence-corrected chi connectivity index (χ3v) is 3.59. The number of carbonyl (C=O) groups excluding carboxylic acids is 2. The highest BCUT2D eigenvalue weighted by atomic mass is 32.1. The van der Waals surface area contributed by atoms with Gasteiger partial charge < -0.3 is 10.5 Å². The molecule has 0 aliphatic carbocycles. The predicted molar refractivity (Wildman–Crippen MR) is 75.3 cm³/mol. The van der Waals surface area contributed by atoms with Crippen molar-refractivity contribution in [1.29, 1.82) is 0 Å². The van der Waals surface area contributed by atoms with Gasteiger partial charge in [0.05, 0.1) is 4.88 Å². The van der Waals surface area contributed by atoms with Crippen LogP contribution in [-0.2, 0) is 6.61 Å². The Morgan fingerprint density at radius 3 is 2.45 bits per heavy atom. The molecule has 20 heavy (non-hydrogen) atoms. The molecule has 0 aliphatic heterocycles. The van der Waals surface area contributed by atoms with E-state index in [0.29, 0.717) is 22.8 Å². The fraction of sp³-hybridized carbons (Fsp3) is 0.0769. The molecule has 0 bridgehead atoms. The van der Waals surface area contributed by atoms with Crippen molar-refractivity contribution in [2.45, 2.75) is 6.61 Å². The SMILES string of the molecule is NNC(=O)c1ccc(COc2ccc(C(N)=O)cc2)s1. The van der Waals surface area contributed by atoms with Gasteiger partial charge in [-0.3, -0.25) is 15.0 Å². The van der Waals surface area contributed by atoms with E-state index in [1.165, 1.54) is 11.3 Å². The van der Waals surface area contributed by atoms with Crippen molar-refractivity contribution in [3.8, 4) is 5.75 Å². The number of nitrogen functional groups attached to an aromatic ring is 1. The van der Waals surface area contributed by atoms with Gasteiger partial charge in [-0.05, 0) is 36.4 Å². The number of primary amides is 1. The van der Waals surface area contributed by atoms with Crippen LogP contribution < -0.4 is 21.7 Å². The Balaban J connectivity index is 1.96. The van der Waals surface area contributed by atoms with Crippen LogP contribution >= 0.6 is 11.3 Å². The molecule has 1 aromatic carbocycles. The van der Waals surface area contributed by atoms with E-state index in [-0.39, 0.29) is 5.91 Å². The van der Waals surface area contributed by atoms with Crippen LogP contribution in [0.15, 0.2) is 36.4 Å². The minimum Gasteiger partial charge on any atom is -0.488 e. The topological polar surface area (TPSA) is 107 Å². The normalized spacial score (nSPS) is 10.1. The molecule has 0 radical (unpaired) electrons. The van der Waals surface area contributed by atoms with Gasteiger partial charge in [0.2, 0.25) is 5.91 Å². The lowest BCUT2D eigenvalue weighted by Gasteiger charge is -2.04. The fourth-order valence-electron chi connectivity index (χ4n) is 1.52. The number of nitrogens with two attached hydrogens (primary N) is 2. The Hall–Kier alpha value is -2.38. The van der Waals surface area contributed by atoms with Gasteiger partial charge in [-0.2, -0.15) is 0 Å². The van der Waals surface area contributed by atoms with E-state index in [9.17, 15) is 9.59 Å². The van der Waals surface area contributed by atoms with Gasteiger partial charge in [0.15, 0.2) is 0 Å². The molecule has 5 N–H and O–H groups in total. The Labute approximate surface area is 119 Å². The summed E-state index contributed by atoms with van der Waals surface area (Å²) in [6, 6.07) is 10.0. The number of rotatable bonds is 5. The van der Waals surface area contributed by atoms with Gasteiger partial charge in [0, 0.05) is 10.4 Å². The molecular formula is C13H13N3O3S. The van der Waals surface area contributed by atoms with Crippen LogP contribution in [0.1, 0.15) is 24.9 Å². The number of nitrogens with one attached hydrogen (secondary N) is 1. The highest BCUT2D eigenvalue weighted by Crippen LogP contribution is 2.19. The summed E-state index contributed by atoms with van der Waals surface area (Å²) < 4.78 is 5.55. The number of carbonyl (C=O) groups is 2. The van der Waals surface area contributed by atoms with E-state index in [1.807, 2.05) is 0 Å². The monoisotopic (exact) mass is 291 g/mol. The zero-order valence-corrected chi connectivity index (χ0v) is 11.3. The number of thiophene rings is 1. The highest BCUT2D eigenvalue weighted by Gasteiger charge is 2.08. The van der Waals surface area contributed by atoms with E-state index in [0.717, 1.165) is 4.88 Å². The average Bonchev–Trinajstić information content (AvgIpc) is 2.93. The maximum Gasteiger partial charge on any atom is 0.275 e. The molecule has 1 heterocycles. The average molecular weight is 291 g/mol. The Morgan fingerprint density at radius 1 is 1.15 bits per heavy atom. The molecule has 2 amide bonds. The molecule has 0 atom stereocenters. The van der Waals surface area contributed by atoms with Crippen molar-refractivity contribution in [3.05, 3.63) is 51.7 Å². The van der Waals surface area contributed by atoms with Crippen LogP contribution in [-0.4, -0.2) is 11.8 Å². The second-order valence-electron chi connectivity index (χ2n) is 3.92. The largest absolute Gasteiger partial charge is 0.488 e. The Morgan fingerprint density at radius 2 is 1.85 bits per heavy atom. The minimum atomic E-state index is -0.479. The third-order valence-electron chi connectivity index (χ3n) is 2.54. The fourth-order valence-corrected chi connectivity index (χ4v) is 2.34. The van der Waals surface area contributed by atoms with Gasteiger partial charge in [-0.25, -0.2) is 5.84 Å². The summed E-state index contributed by atoms with van der Waals surface area (Å²) in [6.45, 7) is 0.332. The molecule has 0 saturated carbocycles. The highest BCUT2D eigenvalue weighted by molar-refractivity contribution is 7.14. The van der Waals surface area contributed by atoms with Crippen molar-refractivity contribution in [2.75, 3.05) is 0 Å². The van der Waals surface area contributed by atoms with Gasteiger partial charge in [-0.1, -0.05) is 0 Å². The maximum absolute atomic E-state index is 11.3. The first-order valence-corrected chi connectivity index (χ1v) is 6.54. The molecule has 0 aliphatic rings. The lowest BCUT2D eigenvalue weighted by molar-refractivity contribution is 0.0956. The first-order valence-electron chi connectivity index (χ1n) is 5.72. The summed E-state index contributed by atoms with van der Waals surface area (Å²) in [5, 5.41) is 0. The summed E-state index contributed by atoms with van der Waals surface area (Å²) in [5.41, 5.74) is 7.65. The van der Waals surface area contributed by atoms with Crippen LogP contribution in [0.25, 0.3) is 0 Å². The molecular weight excluding hydrogens is 278 g/mol. The van der Waals surface area contributed by atoms with E-state index < -0.39 is 5.91 Å². The standard InChI is InChI=1S/C13H13N3O3S/c14-12(17)8-1-3-9(4-2-8)19-7-10-5-6-11(20-10)13(18)16-15/h1-6H,7,15H2,(H2,14,17)(H,16,18). The van der Waals surface area contributed by atoms with Crippen LogP contribution in [0, 0.1) is 0 Å². The van der Waals surface area contributed by atoms with Gasteiger partial charge in [0.1, 0.15) is 12.4 Å². The molecule has 0 saturated heterocycles. The van der Waals surface area contributed by atoms with Crippen molar-refractivity contribution < 1.29 is 14.3 Å². The van der Waals surface area contributed by atoms with Crippen molar-refractivity contribution >= 4 is 23.2 Å². The minimum absolute atomic E-state index is 0.327. The van der Waals surface area contributed by atoms with E-state index in [2.05, 4.69) is 5.43 Å². The van der Waals surface area contributed by atoms with Crippen molar-refractivity contribution in [2.24, 2.45) is 11.6 Å². The van der Waals surface area contributed by atoms with E-state index in [4.69, 9.17) is 16.3 Å². The molecule has 6 nitrogen and oxygen atoms in total. The zero-order valence-electron chi connectivity index (χ0n) is 10.5. The number of hydrazine groups is 1. The zero-order chi connectivity index (χ0) is 14.5.